The molecular weight excluding hydrogens is 440 g/mol. The van der Waals surface area contributed by atoms with Gasteiger partial charge in [-0.15, -0.1) is 11.8 Å². The zero-order valence-electron chi connectivity index (χ0n) is 17.0. The molecule has 168 valence electrons. The molecule has 0 spiro atoms. The maximum absolute atomic E-state index is 12.1. The number of rotatable bonds is 10. The van der Waals surface area contributed by atoms with Crippen molar-refractivity contribution < 1.29 is 18.1 Å². The largest absolute Gasteiger partial charge is 0.379 e. The first-order valence-electron chi connectivity index (χ1n) is 9.89. The summed E-state index contributed by atoms with van der Waals surface area (Å²) >= 11 is 1.61. The number of primary sulfonamides is 1. The first kappa shape index (κ1) is 23.5. The average Bonchev–Trinajstić information content (AvgIpc) is 2.76. The van der Waals surface area contributed by atoms with Gasteiger partial charge in [0.05, 0.1) is 18.1 Å². The van der Waals surface area contributed by atoms with E-state index in [1.165, 1.54) is 18.2 Å². The number of thioether (sulfide) groups is 1. The molecule has 9 nitrogen and oxygen atoms in total. The summed E-state index contributed by atoms with van der Waals surface area (Å²) in [5.41, 5.74) is -0.372. The fourth-order valence-electron chi connectivity index (χ4n) is 3.33. The van der Waals surface area contributed by atoms with Crippen LogP contribution in [0, 0.1) is 10.1 Å². The van der Waals surface area contributed by atoms with Crippen LogP contribution >= 0.6 is 11.8 Å². The van der Waals surface area contributed by atoms with Gasteiger partial charge < -0.3 is 10.1 Å². The molecule has 2 aromatic carbocycles. The molecule has 3 rings (SSSR count). The summed E-state index contributed by atoms with van der Waals surface area (Å²) < 4.78 is 29.6. The molecular formula is C20H26N4O5S2. The van der Waals surface area contributed by atoms with Gasteiger partial charge in [-0.25, -0.2) is 13.6 Å². The minimum absolute atomic E-state index is 0.0596. The maximum atomic E-state index is 12.1. The molecule has 2 aromatic rings. The van der Waals surface area contributed by atoms with Crippen LogP contribution in [0.15, 0.2) is 58.3 Å². The summed E-state index contributed by atoms with van der Waals surface area (Å²) in [4.78, 5) is 14.0. The highest BCUT2D eigenvalue weighted by Crippen LogP contribution is 2.32. The summed E-state index contributed by atoms with van der Waals surface area (Å²) in [5, 5.41) is 20.0. The van der Waals surface area contributed by atoms with Crippen LogP contribution in [0.5, 0.6) is 0 Å². The van der Waals surface area contributed by atoms with Crippen LogP contribution in [-0.4, -0.2) is 62.9 Å². The number of ether oxygens (including phenoxy) is 1. The number of benzene rings is 2. The quantitative estimate of drug-likeness (QED) is 0.311. The van der Waals surface area contributed by atoms with Crippen molar-refractivity contribution in [2.45, 2.75) is 22.3 Å². The Labute approximate surface area is 186 Å². The molecule has 1 fully saturated rings. The number of nitrogens with zero attached hydrogens (tertiary/aromatic N) is 2. The summed E-state index contributed by atoms with van der Waals surface area (Å²) in [6.07, 6.45) is 0.677. The standard InChI is InChI=1S/C20H26N4O5S2/c21-31(27,28)19-8-4-7-18(24(25)26)20(19)22-16(9-10-23-11-13-29-14-12-23)15-30-17-5-2-1-3-6-17/h1-8,16,22H,9-15H2,(H2,21,27,28)/t16-/m1/s1. The van der Waals surface area contributed by atoms with Crippen molar-refractivity contribution >= 4 is 33.2 Å². The summed E-state index contributed by atoms with van der Waals surface area (Å²) in [5.74, 6) is 0.602. The van der Waals surface area contributed by atoms with E-state index in [1.807, 2.05) is 30.3 Å². The fourth-order valence-corrected chi connectivity index (χ4v) is 5.04. The number of hydrogen-bond donors (Lipinski definition) is 2. The minimum atomic E-state index is -4.14. The van der Waals surface area contributed by atoms with Gasteiger partial charge in [0.25, 0.3) is 5.69 Å². The van der Waals surface area contributed by atoms with E-state index in [-0.39, 0.29) is 22.3 Å². The minimum Gasteiger partial charge on any atom is -0.379 e. The average molecular weight is 467 g/mol. The van der Waals surface area contributed by atoms with Gasteiger partial charge in [-0.05, 0) is 24.6 Å². The molecule has 3 N–H and O–H groups in total. The number of hydrogen-bond acceptors (Lipinski definition) is 8. The Morgan fingerprint density at radius 3 is 2.52 bits per heavy atom. The molecule has 0 aromatic heterocycles. The molecule has 1 aliphatic heterocycles. The fraction of sp³-hybridized carbons (Fsp3) is 0.400. The van der Waals surface area contributed by atoms with Gasteiger partial charge in [-0.2, -0.15) is 0 Å². The van der Waals surface area contributed by atoms with Crippen LogP contribution in [0.25, 0.3) is 0 Å². The van der Waals surface area contributed by atoms with Crippen LogP contribution in [0.4, 0.5) is 11.4 Å². The Morgan fingerprint density at radius 2 is 1.87 bits per heavy atom. The maximum Gasteiger partial charge on any atom is 0.293 e. The predicted molar refractivity (Wildman–Crippen MR) is 121 cm³/mol. The lowest BCUT2D eigenvalue weighted by atomic mass is 10.2. The van der Waals surface area contributed by atoms with Crippen LogP contribution < -0.4 is 10.5 Å². The van der Waals surface area contributed by atoms with Gasteiger partial charge in [-0.3, -0.25) is 15.0 Å². The van der Waals surface area contributed by atoms with Crippen molar-refractivity contribution in [2.75, 3.05) is 43.9 Å². The van der Waals surface area contributed by atoms with Crippen LogP contribution in [0.2, 0.25) is 0 Å². The number of para-hydroxylation sites is 1. The second kappa shape index (κ2) is 10.9. The van der Waals surface area contributed by atoms with E-state index in [0.29, 0.717) is 25.4 Å². The Balaban J connectivity index is 1.83. The van der Waals surface area contributed by atoms with Gasteiger partial charge in [0.15, 0.2) is 0 Å². The van der Waals surface area contributed by atoms with E-state index in [9.17, 15) is 18.5 Å². The molecule has 31 heavy (non-hydrogen) atoms. The van der Waals surface area contributed by atoms with Crippen molar-refractivity contribution in [2.24, 2.45) is 5.14 Å². The predicted octanol–water partition coefficient (Wildman–Crippen LogP) is 2.54. The van der Waals surface area contributed by atoms with Crippen LogP contribution in [0.3, 0.4) is 0 Å². The number of sulfonamides is 1. The molecule has 0 radical (unpaired) electrons. The monoisotopic (exact) mass is 466 g/mol. The van der Waals surface area contributed by atoms with E-state index in [0.717, 1.165) is 24.5 Å². The Hall–Kier alpha value is -2.18. The van der Waals surface area contributed by atoms with Gasteiger partial charge in [0, 0.05) is 42.4 Å². The second-order valence-corrected chi connectivity index (χ2v) is 9.78. The number of nitro groups is 1. The molecule has 1 heterocycles. The second-order valence-electron chi connectivity index (χ2n) is 7.16. The molecule has 0 aliphatic carbocycles. The van der Waals surface area contributed by atoms with Gasteiger partial charge >= 0.3 is 0 Å². The zero-order valence-corrected chi connectivity index (χ0v) is 18.6. The SMILES string of the molecule is NS(=O)(=O)c1cccc([N+](=O)[O-])c1N[C@H](CCN1CCOCC1)CSc1ccccc1. The van der Waals surface area contributed by atoms with Crippen molar-refractivity contribution in [3.05, 3.63) is 58.6 Å². The van der Waals surface area contributed by atoms with E-state index in [2.05, 4.69) is 10.2 Å². The van der Waals surface area contributed by atoms with Gasteiger partial charge in [-0.1, -0.05) is 24.3 Å². The molecule has 0 amide bonds. The van der Waals surface area contributed by atoms with Crippen LogP contribution in [-0.2, 0) is 14.8 Å². The molecule has 1 atom stereocenters. The number of anilines is 1. The third kappa shape index (κ3) is 6.91. The smallest absolute Gasteiger partial charge is 0.293 e. The van der Waals surface area contributed by atoms with Gasteiger partial charge in [0.2, 0.25) is 10.0 Å². The lowest BCUT2D eigenvalue weighted by molar-refractivity contribution is -0.384. The first-order chi connectivity index (χ1) is 14.8. The Kier molecular flexibility index (Phi) is 8.27. The van der Waals surface area contributed by atoms with E-state index >= 15 is 0 Å². The van der Waals surface area contributed by atoms with E-state index in [1.54, 1.807) is 11.8 Å². The summed E-state index contributed by atoms with van der Waals surface area (Å²) in [6, 6.07) is 13.5. The Morgan fingerprint density at radius 1 is 1.16 bits per heavy atom. The first-order valence-corrected chi connectivity index (χ1v) is 12.4. The van der Waals surface area contributed by atoms with Crippen molar-refractivity contribution in [1.82, 2.24) is 4.90 Å². The molecule has 1 aliphatic rings. The topological polar surface area (TPSA) is 128 Å². The number of nitrogens with two attached hydrogens (primary N) is 1. The Bertz CT molecular complexity index is 982. The van der Waals surface area contributed by atoms with Crippen LogP contribution in [0.1, 0.15) is 6.42 Å². The molecule has 1 saturated heterocycles. The summed E-state index contributed by atoms with van der Waals surface area (Å²) in [6.45, 7) is 3.77. The van der Waals surface area contributed by atoms with Crippen molar-refractivity contribution in [3.8, 4) is 0 Å². The van der Waals surface area contributed by atoms with Crippen molar-refractivity contribution in [1.29, 1.82) is 0 Å². The number of morpholine rings is 1. The normalized spacial score (nSPS) is 16.0. The molecule has 0 saturated carbocycles. The molecule has 11 heteroatoms. The van der Waals surface area contributed by atoms with E-state index in [4.69, 9.17) is 9.88 Å². The molecule has 0 bridgehead atoms. The lowest BCUT2D eigenvalue weighted by Crippen LogP contribution is -2.39. The third-order valence-electron chi connectivity index (χ3n) is 4.95. The van der Waals surface area contributed by atoms with Gasteiger partial charge in [0.1, 0.15) is 10.6 Å². The molecule has 0 unspecified atom stereocenters. The lowest BCUT2D eigenvalue weighted by Gasteiger charge is -2.29. The summed E-state index contributed by atoms with van der Waals surface area (Å²) in [7, 11) is -4.14. The number of nitro benzene ring substituents is 1. The zero-order chi connectivity index (χ0) is 22.3. The van der Waals surface area contributed by atoms with E-state index < -0.39 is 14.9 Å². The highest BCUT2D eigenvalue weighted by atomic mass is 32.2. The highest BCUT2D eigenvalue weighted by Gasteiger charge is 2.26. The third-order valence-corrected chi connectivity index (χ3v) is 7.08. The van der Waals surface area contributed by atoms with Crippen molar-refractivity contribution in [3.63, 3.8) is 0 Å². The highest BCUT2D eigenvalue weighted by molar-refractivity contribution is 7.99. The number of nitrogens with one attached hydrogen (secondary N) is 1.